The van der Waals surface area contributed by atoms with E-state index in [1.807, 2.05) is 0 Å². The monoisotopic (exact) mass is 183 g/mol. The number of nitrogens with zero attached hydrogens (tertiary/aromatic N) is 2. The molecule has 66 valence electrons. The summed E-state index contributed by atoms with van der Waals surface area (Å²) in [6, 6.07) is 0. The maximum Gasteiger partial charge on any atom is 0.160 e. The number of anilines is 1. The van der Waals surface area contributed by atoms with Crippen LogP contribution in [-0.4, -0.2) is 8.75 Å². The van der Waals surface area contributed by atoms with Crippen LogP contribution in [0.25, 0.3) is 0 Å². The van der Waals surface area contributed by atoms with E-state index in [4.69, 9.17) is 5.73 Å². The van der Waals surface area contributed by atoms with Crippen LogP contribution in [0.1, 0.15) is 43.7 Å². The van der Waals surface area contributed by atoms with E-state index in [1.165, 1.54) is 43.8 Å². The molecule has 2 N–H and O–H groups in total. The Kier molecular flexibility index (Phi) is 2.26. The van der Waals surface area contributed by atoms with Gasteiger partial charge in [-0.25, -0.2) is 0 Å². The molecule has 2 rings (SSSR count). The molecule has 1 saturated carbocycles. The second-order valence-electron chi connectivity index (χ2n) is 3.37. The third kappa shape index (κ3) is 1.43. The lowest BCUT2D eigenvalue weighted by Crippen LogP contribution is -2.07. The van der Waals surface area contributed by atoms with Gasteiger partial charge in [-0.1, -0.05) is 19.3 Å². The molecule has 0 bridgehead atoms. The van der Waals surface area contributed by atoms with Gasteiger partial charge in [0.05, 0.1) is 11.7 Å². The van der Waals surface area contributed by atoms with Crippen molar-refractivity contribution in [2.75, 3.05) is 5.73 Å². The van der Waals surface area contributed by atoms with E-state index in [-0.39, 0.29) is 0 Å². The van der Waals surface area contributed by atoms with Gasteiger partial charge in [0.2, 0.25) is 0 Å². The van der Waals surface area contributed by atoms with Crippen molar-refractivity contribution in [3.63, 3.8) is 0 Å². The fourth-order valence-electron chi connectivity index (χ4n) is 1.86. The zero-order chi connectivity index (χ0) is 8.39. The number of aromatic nitrogens is 2. The van der Waals surface area contributed by atoms with Gasteiger partial charge in [-0.2, -0.15) is 8.75 Å². The Morgan fingerprint density at radius 1 is 1.17 bits per heavy atom. The summed E-state index contributed by atoms with van der Waals surface area (Å²) in [6.45, 7) is 0. The van der Waals surface area contributed by atoms with Gasteiger partial charge >= 0.3 is 0 Å². The Hall–Kier alpha value is -0.640. The summed E-state index contributed by atoms with van der Waals surface area (Å²) >= 11 is 1.23. The SMILES string of the molecule is Nc1nsnc1C1CCCCC1. The largest absolute Gasteiger partial charge is 0.381 e. The minimum absolute atomic E-state index is 0.595. The van der Waals surface area contributed by atoms with Gasteiger partial charge in [0, 0.05) is 5.92 Å². The Balaban J connectivity index is 2.13. The maximum absolute atomic E-state index is 5.71. The second kappa shape index (κ2) is 3.39. The number of hydrogen-bond acceptors (Lipinski definition) is 4. The van der Waals surface area contributed by atoms with Gasteiger partial charge in [0.25, 0.3) is 0 Å². The molecular weight excluding hydrogens is 170 g/mol. The van der Waals surface area contributed by atoms with Crippen LogP contribution in [0.5, 0.6) is 0 Å². The van der Waals surface area contributed by atoms with Crippen molar-refractivity contribution < 1.29 is 0 Å². The Morgan fingerprint density at radius 2 is 1.92 bits per heavy atom. The quantitative estimate of drug-likeness (QED) is 0.726. The molecule has 3 nitrogen and oxygen atoms in total. The number of rotatable bonds is 1. The highest BCUT2D eigenvalue weighted by molar-refractivity contribution is 6.99. The van der Waals surface area contributed by atoms with Crippen LogP contribution in [0, 0.1) is 0 Å². The van der Waals surface area contributed by atoms with Crippen LogP contribution in [0.3, 0.4) is 0 Å². The van der Waals surface area contributed by atoms with E-state index in [0.717, 1.165) is 5.69 Å². The lowest BCUT2D eigenvalue weighted by Gasteiger charge is -2.19. The second-order valence-corrected chi connectivity index (χ2v) is 3.90. The van der Waals surface area contributed by atoms with E-state index in [1.54, 1.807) is 0 Å². The average molecular weight is 183 g/mol. The third-order valence-corrected chi connectivity index (χ3v) is 3.09. The summed E-state index contributed by atoms with van der Waals surface area (Å²) in [5.41, 5.74) is 6.76. The molecule has 0 saturated heterocycles. The molecule has 0 atom stereocenters. The average Bonchev–Trinajstić information content (AvgIpc) is 2.53. The fraction of sp³-hybridized carbons (Fsp3) is 0.750. The van der Waals surface area contributed by atoms with Crippen molar-refractivity contribution in [3.05, 3.63) is 5.69 Å². The molecule has 1 heterocycles. The minimum atomic E-state index is 0.595. The number of nitrogen functional groups attached to an aromatic ring is 1. The predicted octanol–water partition coefficient (Wildman–Crippen LogP) is 2.17. The van der Waals surface area contributed by atoms with E-state index in [9.17, 15) is 0 Å². The highest BCUT2D eigenvalue weighted by Crippen LogP contribution is 2.33. The van der Waals surface area contributed by atoms with Crippen molar-refractivity contribution in [1.29, 1.82) is 0 Å². The van der Waals surface area contributed by atoms with Crippen LogP contribution >= 0.6 is 11.7 Å². The summed E-state index contributed by atoms with van der Waals surface area (Å²) in [5.74, 6) is 1.25. The minimum Gasteiger partial charge on any atom is -0.381 e. The zero-order valence-corrected chi connectivity index (χ0v) is 7.81. The first-order valence-electron chi connectivity index (χ1n) is 4.46. The summed E-state index contributed by atoms with van der Waals surface area (Å²) in [6.07, 6.45) is 6.50. The molecule has 4 heteroatoms. The zero-order valence-electron chi connectivity index (χ0n) is 6.99. The summed E-state index contributed by atoms with van der Waals surface area (Å²) < 4.78 is 8.25. The topological polar surface area (TPSA) is 51.8 Å². The van der Waals surface area contributed by atoms with E-state index in [2.05, 4.69) is 8.75 Å². The molecule has 0 aromatic carbocycles. The molecule has 0 amide bonds. The standard InChI is InChI=1S/C8H13N3S/c9-8-7(10-12-11-8)6-4-2-1-3-5-6/h6H,1-5H2,(H2,9,11). The molecule has 12 heavy (non-hydrogen) atoms. The maximum atomic E-state index is 5.71. The van der Waals surface area contributed by atoms with Crippen molar-refractivity contribution in [2.24, 2.45) is 0 Å². The van der Waals surface area contributed by atoms with Gasteiger partial charge < -0.3 is 5.73 Å². The summed E-state index contributed by atoms with van der Waals surface area (Å²) in [5, 5.41) is 0. The Morgan fingerprint density at radius 3 is 2.50 bits per heavy atom. The van der Waals surface area contributed by atoms with E-state index in [0.29, 0.717) is 11.7 Å². The molecule has 1 aromatic heterocycles. The smallest absolute Gasteiger partial charge is 0.160 e. The Labute approximate surface area is 76.3 Å². The lowest BCUT2D eigenvalue weighted by molar-refractivity contribution is 0.439. The van der Waals surface area contributed by atoms with Gasteiger partial charge in [0.1, 0.15) is 5.69 Å². The molecule has 0 radical (unpaired) electrons. The van der Waals surface area contributed by atoms with E-state index >= 15 is 0 Å². The van der Waals surface area contributed by atoms with Crippen molar-refractivity contribution in [2.45, 2.75) is 38.0 Å². The first kappa shape index (κ1) is 7.98. The van der Waals surface area contributed by atoms with Crippen LogP contribution in [-0.2, 0) is 0 Å². The normalized spacial score (nSPS) is 19.7. The van der Waals surface area contributed by atoms with Gasteiger partial charge in [-0.15, -0.1) is 0 Å². The molecule has 0 spiro atoms. The van der Waals surface area contributed by atoms with Crippen LogP contribution < -0.4 is 5.73 Å². The van der Waals surface area contributed by atoms with Crippen LogP contribution in [0.4, 0.5) is 5.82 Å². The summed E-state index contributed by atoms with van der Waals surface area (Å²) in [4.78, 5) is 0. The first-order valence-corrected chi connectivity index (χ1v) is 5.19. The van der Waals surface area contributed by atoms with Gasteiger partial charge in [0.15, 0.2) is 5.82 Å². The van der Waals surface area contributed by atoms with Crippen molar-refractivity contribution in [1.82, 2.24) is 8.75 Å². The third-order valence-electron chi connectivity index (χ3n) is 2.53. The van der Waals surface area contributed by atoms with Gasteiger partial charge in [-0.05, 0) is 12.8 Å². The highest BCUT2D eigenvalue weighted by atomic mass is 32.1. The molecule has 1 fully saturated rings. The molecule has 1 aromatic rings. The fourth-order valence-corrected chi connectivity index (χ4v) is 2.41. The Bertz CT molecular complexity index is 253. The first-order chi connectivity index (χ1) is 5.88. The van der Waals surface area contributed by atoms with Crippen molar-refractivity contribution >= 4 is 17.5 Å². The highest BCUT2D eigenvalue weighted by Gasteiger charge is 2.20. The van der Waals surface area contributed by atoms with E-state index < -0.39 is 0 Å². The molecule has 1 aliphatic carbocycles. The number of hydrogen-bond donors (Lipinski definition) is 1. The molecule has 0 aliphatic heterocycles. The van der Waals surface area contributed by atoms with Crippen LogP contribution in [0.15, 0.2) is 0 Å². The summed E-state index contributed by atoms with van der Waals surface area (Å²) in [7, 11) is 0. The van der Waals surface area contributed by atoms with Gasteiger partial charge in [-0.3, -0.25) is 0 Å². The van der Waals surface area contributed by atoms with Crippen LogP contribution in [0.2, 0.25) is 0 Å². The number of nitrogens with two attached hydrogens (primary N) is 1. The molecule has 0 unspecified atom stereocenters. The predicted molar refractivity (Wildman–Crippen MR) is 50.1 cm³/mol. The molecular formula is C8H13N3S. The van der Waals surface area contributed by atoms with Crippen molar-refractivity contribution in [3.8, 4) is 0 Å². The molecule has 1 aliphatic rings. The lowest BCUT2D eigenvalue weighted by atomic mass is 9.87.